The van der Waals surface area contributed by atoms with Crippen LogP contribution in [0.25, 0.3) is 5.57 Å². The summed E-state index contributed by atoms with van der Waals surface area (Å²) in [7, 11) is 3.10. The topological polar surface area (TPSA) is 77.1 Å². The summed E-state index contributed by atoms with van der Waals surface area (Å²) >= 11 is 0. The van der Waals surface area contributed by atoms with Gasteiger partial charge >= 0.3 is 0 Å². The summed E-state index contributed by atoms with van der Waals surface area (Å²) in [4.78, 5) is 28.2. The number of hydrogen-bond acceptors (Lipinski definition) is 6. The van der Waals surface area contributed by atoms with Crippen molar-refractivity contribution in [3.05, 3.63) is 84.1 Å². The number of methoxy groups -OCH3 is 2. The first kappa shape index (κ1) is 22.0. The number of nitrogens with one attached hydrogen (secondary N) is 1. The summed E-state index contributed by atoms with van der Waals surface area (Å²) in [5, 5.41) is 3.15. The van der Waals surface area contributed by atoms with E-state index in [1.54, 1.807) is 61.7 Å². The molecule has 0 bridgehead atoms. The number of anilines is 2. The number of nitrogens with zero attached hydrogens (tertiary/aromatic N) is 1. The number of benzene rings is 3. The van der Waals surface area contributed by atoms with E-state index in [0.29, 0.717) is 40.8 Å². The molecule has 33 heavy (non-hydrogen) atoms. The molecule has 0 spiro atoms. The molecule has 7 nitrogen and oxygen atoms in total. The van der Waals surface area contributed by atoms with Crippen molar-refractivity contribution in [3.8, 4) is 17.2 Å². The molecule has 168 valence electrons. The third-order valence-corrected chi connectivity index (χ3v) is 5.19. The molecular formula is C26H24N2O5. The van der Waals surface area contributed by atoms with Gasteiger partial charge in [0.05, 0.1) is 32.1 Å². The van der Waals surface area contributed by atoms with Gasteiger partial charge < -0.3 is 19.5 Å². The van der Waals surface area contributed by atoms with Gasteiger partial charge in [0, 0.05) is 17.8 Å². The average molecular weight is 444 g/mol. The maximum Gasteiger partial charge on any atom is 0.282 e. The molecule has 1 N–H and O–H groups in total. The van der Waals surface area contributed by atoms with Crippen LogP contribution in [0, 0.1) is 0 Å². The van der Waals surface area contributed by atoms with Crippen molar-refractivity contribution in [2.45, 2.75) is 6.92 Å². The molecule has 2 amide bonds. The molecule has 0 radical (unpaired) electrons. The summed E-state index contributed by atoms with van der Waals surface area (Å²) in [6.45, 7) is 2.42. The Morgan fingerprint density at radius 2 is 1.48 bits per heavy atom. The maximum atomic E-state index is 13.6. The first-order chi connectivity index (χ1) is 16.0. The van der Waals surface area contributed by atoms with Gasteiger partial charge in [0.25, 0.3) is 11.8 Å². The Morgan fingerprint density at radius 1 is 0.788 bits per heavy atom. The lowest BCUT2D eigenvalue weighted by Crippen LogP contribution is -2.32. The van der Waals surface area contributed by atoms with Crippen molar-refractivity contribution in [3.63, 3.8) is 0 Å². The highest BCUT2D eigenvalue weighted by atomic mass is 16.5. The van der Waals surface area contributed by atoms with Crippen LogP contribution in [0.3, 0.4) is 0 Å². The summed E-state index contributed by atoms with van der Waals surface area (Å²) in [5.41, 5.74) is 2.11. The highest BCUT2D eigenvalue weighted by Gasteiger charge is 2.40. The molecule has 0 fully saturated rings. The summed E-state index contributed by atoms with van der Waals surface area (Å²) in [5.74, 6) is 0.975. The van der Waals surface area contributed by atoms with Crippen LogP contribution in [0.1, 0.15) is 12.5 Å². The van der Waals surface area contributed by atoms with E-state index in [4.69, 9.17) is 14.2 Å². The molecule has 0 saturated carbocycles. The summed E-state index contributed by atoms with van der Waals surface area (Å²) in [6.07, 6.45) is 0. The van der Waals surface area contributed by atoms with E-state index in [9.17, 15) is 9.59 Å². The molecule has 0 aliphatic carbocycles. The largest absolute Gasteiger partial charge is 0.497 e. The minimum atomic E-state index is -0.458. The lowest BCUT2D eigenvalue weighted by atomic mass is 10.0. The van der Waals surface area contributed by atoms with E-state index in [2.05, 4.69) is 5.32 Å². The molecule has 0 atom stereocenters. The lowest BCUT2D eigenvalue weighted by Gasteiger charge is -2.16. The first-order valence-electron chi connectivity index (χ1n) is 10.5. The Hall–Kier alpha value is -4.26. The number of ether oxygens (including phenoxy) is 3. The molecule has 4 rings (SSSR count). The van der Waals surface area contributed by atoms with Crippen molar-refractivity contribution in [2.75, 3.05) is 31.0 Å². The molecule has 1 aliphatic heterocycles. The van der Waals surface area contributed by atoms with Crippen molar-refractivity contribution in [2.24, 2.45) is 0 Å². The molecule has 3 aromatic carbocycles. The summed E-state index contributed by atoms with van der Waals surface area (Å²) in [6, 6.07) is 21.1. The van der Waals surface area contributed by atoms with Crippen LogP contribution < -0.4 is 24.4 Å². The van der Waals surface area contributed by atoms with E-state index < -0.39 is 11.8 Å². The van der Waals surface area contributed by atoms with Gasteiger partial charge in [0.2, 0.25) is 0 Å². The van der Waals surface area contributed by atoms with E-state index >= 15 is 0 Å². The standard InChI is InChI=1S/C26H24N2O5/c1-4-33-22-10-5-7-18(15-22)27-24-23(17-11-13-20(31-2)14-12-17)25(29)28(26(24)30)19-8-6-9-21(16-19)32-3/h5-16,27H,4H2,1-3H3. The second-order valence-corrected chi connectivity index (χ2v) is 7.21. The molecule has 0 aromatic heterocycles. The molecule has 1 aliphatic rings. The third-order valence-electron chi connectivity index (χ3n) is 5.19. The van der Waals surface area contributed by atoms with Crippen molar-refractivity contribution in [1.29, 1.82) is 0 Å². The van der Waals surface area contributed by atoms with Gasteiger partial charge in [-0.15, -0.1) is 0 Å². The molecule has 0 saturated heterocycles. The van der Waals surface area contributed by atoms with Crippen LogP contribution in [0.5, 0.6) is 17.2 Å². The van der Waals surface area contributed by atoms with Crippen molar-refractivity contribution >= 4 is 28.8 Å². The van der Waals surface area contributed by atoms with Gasteiger partial charge in [-0.3, -0.25) is 9.59 Å². The monoisotopic (exact) mass is 444 g/mol. The van der Waals surface area contributed by atoms with Crippen LogP contribution >= 0.6 is 0 Å². The Labute approximate surface area is 192 Å². The Balaban J connectivity index is 1.79. The van der Waals surface area contributed by atoms with Crippen LogP contribution in [0.4, 0.5) is 11.4 Å². The third kappa shape index (κ3) is 4.39. The molecule has 3 aromatic rings. The SMILES string of the molecule is CCOc1cccc(NC2=C(c3ccc(OC)cc3)C(=O)N(c3cccc(OC)c3)C2=O)c1. The predicted octanol–water partition coefficient (Wildman–Crippen LogP) is 4.50. The number of imide groups is 1. The number of hydrogen-bond donors (Lipinski definition) is 1. The molecule has 0 unspecified atom stereocenters. The van der Waals surface area contributed by atoms with E-state index in [0.717, 1.165) is 4.90 Å². The Kier molecular flexibility index (Phi) is 6.31. The fourth-order valence-corrected chi connectivity index (χ4v) is 3.63. The molecule has 7 heteroatoms. The minimum absolute atomic E-state index is 0.182. The van der Waals surface area contributed by atoms with E-state index in [-0.39, 0.29) is 11.3 Å². The van der Waals surface area contributed by atoms with Gasteiger partial charge in [0.1, 0.15) is 22.9 Å². The van der Waals surface area contributed by atoms with Crippen LogP contribution in [-0.4, -0.2) is 32.6 Å². The average Bonchev–Trinajstić information content (AvgIpc) is 3.08. The van der Waals surface area contributed by atoms with Gasteiger partial charge in [-0.1, -0.05) is 24.3 Å². The van der Waals surface area contributed by atoms with Crippen molar-refractivity contribution < 1.29 is 23.8 Å². The van der Waals surface area contributed by atoms with Gasteiger partial charge in [-0.2, -0.15) is 0 Å². The van der Waals surface area contributed by atoms with Crippen LogP contribution in [0.2, 0.25) is 0 Å². The zero-order chi connectivity index (χ0) is 23.4. The van der Waals surface area contributed by atoms with Gasteiger partial charge in [0.15, 0.2) is 0 Å². The fourth-order valence-electron chi connectivity index (χ4n) is 3.63. The molecule has 1 heterocycles. The summed E-state index contributed by atoms with van der Waals surface area (Å²) < 4.78 is 16.1. The Morgan fingerprint density at radius 3 is 2.18 bits per heavy atom. The van der Waals surface area contributed by atoms with Crippen LogP contribution in [0.15, 0.2) is 78.5 Å². The first-order valence-corrected chi connectivity index (χ1v) is 10.5. The molecular weight excluding hydrogens is 420 g/mol. The Bertz CT molecular complexity index is 1220. The second-order valence-electron chi connectivity index (χ2n) is 7.21. The van der Waals surface area contributed by atoms with E-state index in [1.165, 1.54) is 7.11 Å². The van der Waals surface area contributed by atoms with Crippen molar-refractivity contribution in [1.82, 2.24) is 0 Å². The number of rotatable bonds is 8. The minimum Gasteiger partial charge on any atom is -0.497 e. The second kappa shape index (κ2) is 9.48. The fraction of sp³-hybridized carbons (Fsp3) is 0.154. The van der Waals surface area contributed by atoms with Gasteiger partial charge in [-0.25, -0.2) is 4.90 Å². The van der Waals surface area contributed by atoms with Crippen LogP contribution in [-0.2, 0) is 9.59 Å². The number of carbonyl (C=O) groups is 2. The van der Waals surface area contributed by atoms with E-state index in [1.807, 2.05) is 25.1 Å². The highest BCUT2D eigenvalue weighted by Crippen LogP contribution is 2.35. The zero-order valence-corrected chi connectivity index (χ0v) is 18.6. The smallest absolute Gasteiger partial charge is 0.282 e. The predicted molar refractivity (Wildman–Crippen MR) is 127 cm³/mol. The number of carbonyl (C=O) groups excluding carboxylic acids is 2. The quantitative estimate of drug-likeness (QED) is 0.516. The normalized spacial score (nSPS) is 13.4. The number of amides is 2. The highest BCUT2D eigenvalue weighted by molar-refractivity contribution is 6.46. The maximum absolute atomic E-state index is 13.6. The zero-order valence-electron chi connectivity index (χ0n) is 18.6. The van der Waals surface area contributed by atoms with Gasteiger partial charge in [-0.05, 0) is 48.9 Å². The lowest BCUT2D eigenvalue weighted by molar-refractivity contribution is -0.120.